The Morgan fingerprint density at radius 3 is 1.83 bits per heavy atom. The van der Waals surface area contributed by atoms with Crippen LogP contribution < -0.4 is 20.7 Å². The zero-order valence-electron chi connectivity index (χ0n) is 40.2. The van der Waals surface area contributed by atoms with Crippen molar-refractivity contribution in [2.24, 2.45) is 0 Å². The molecule has 0 N–H and O–H groups in total. The Bertz CT molecular complexity index is 3770. The monoisotopic (exact) mass is 935 g/mol. The van der Waals surface area contributed by atoms with Gasteiger partial charge in [0.1, 0.15) is 0 Å². The number of hydrogen-bond acceptors (Lipinski definition) is 4. The van der Waals surface area contributed by atoms with E-state index in [4.69, 9.17) is 0 Å². The summed E-state index contributed by atoms with van der Waals surface area (Å²) in [7, 11) is 0. The molecule has 0 spiro atoms. The highest BCUT2D eigenvalue weighted by atomic mass is 32.2. The van der Waals surface area contributed by atoms with Crippen LogP contribution >= 0.6 is 23.5 Å². The summed E-state index contributed by atoms with van der Waals surface area (Å²) in [5, 5.41) is 1.32. The minimum absolute atomic E-state index is 0.0329. The van der Waals surface area contributed by atoms with Crippen molar-refractivity contribution >= 4 is 86.3 Å². The molecule has 0 fully saturated rings. The Labute approximate surface area is 419 Å². The third-order valence-electron chi connectivity index (χ3n) is 15.3. The average Bonchev–Trinajstić information content (AvgIpc) is 3.84. The SMILES string of the molecule is Cc1cc2c3c(c1)N(c1ccc(C(C)(C)C)cc1-c1ccccc1)c1cc4c(cc1B3n1c3c(c5cc(N(c6ccccc6)c6ccccc6)cc-2c51)C(C)(C)c1ccccc1-3)Sc1ccccc1S4. The van der Waals surface area contributed by atoms with Crippen molar-refractivity contribution in [3.63, 3.8) is 0 Å². The van der Waals surface area contributed by atoms with E-state index in [1.54, 1.807) is 0 Å². The molecule has 0 unspecified atom stereocenters. The molecule has 0 amide bonds. The fourth-order valence-electron chi connectivity index (χ4n) is 12.2. The summed E-state index contributed by atoms with van der Waals surface area (Å²) in [5.41, 5.74) is 23.8. The van der Waals surface area contributed by atoms with E-state index in [1.165, 1.54) is 114 Å². The maximum atomic E-state index is 2.80. The number of nitrogens with zero attached hydrogens (tertiary/aromatic N) is 3. The van der Waals surface area contributed by atoms with Gasteiger partial charge in [0.05, 0.1) is 5.69 Å². The molecule has 9 aromatic carbocycles. The topological polar surface area (TPSA) is 11.4 Å². The highest BCUT2D eigenvalue weighted by Gasteiger charge is 2.49. The molecule has 0 saturated carbocycles. The van der Waals surface area contributed by atoms with Crippen molar-refractivity contribution in [2.45, 2.75) is 72.0 Å². The molecular weight excluding hydrogens is 886 g/mol. The maximum Gasteiger partial charge on any atom is 0.333 e. The van der Waals surface area contributed by atoms with Gasteiger partial charge in [0.2, 0.25) is 0 Å². The lowest BCUT2D eigenvalue weighted by molar-refractivity contribution is 0.590. The van der Waals surface area contributed by atoms with E-state index in [9.17, 15) is 0 Å². The molecule has 6 heteroatoms. The summed E-state index contributed by atoms with van der Waals surface area (Å²) in [6, 6.07) is 73.3. The lowest BCUT2D eigenvalue weighted by atomic mass is 9.45. The van der Waals surface area contributed by atoms with Gasteiger partial charge in [0, 0.05) is 86.7 Å². The van der Waals surface area contributed by atoms with Gasteiger partial charge in [-0.25, -0.2) is 0 Å². The first-order chi connectivity index (χ1) is 34.0. The average molecular weight is 936 g/mol. The summed E-state index contributed by atoms with van der Waals surface area (Å²) in [4.78, 5) is 10.3. The summed E-state index contributed by atoms with van der Waals surface area (Å²) in [6.45, 7) is 14.1. The van der Waals surface area contributed by atoms with Crippen LogP contribution in [0.1, 0.15) is 56.9 Å². The summed E-state index contributed by atoms with van der Waals surface area (Å²) >= 11 is 3.82. The molecule has 3 aliphatic heterocycles. The zero-order valence-corrected chi connectivity index (χ0v) is 41.8. The zero-order chi connectivity index (χ0) is 47.2. The molecular formula is C64H50BN3S2. The quantitative estimate of drug-likeness (QED) is 0.159. The number of para-hydroxylation sites is 2. The van der Waals surface area contributed by atoms with Crippen LogP contribution in [0.2, 0.25) is 0 Å². The number of anilines is 6. The Morgan fingerprint density at radius 2 is 1.14 bits per heavy atom. The van der Waals surface area contributed by atoms with Gasteiger partial charge in [-0.1, -0.05) is 173 Å². The molecule has 4 heterocycles. The third-order valence-corrected chi connectivity index (χ3v) is 17.8. The second-order valence-corrected chi connectivity index (χ2v) is 23.2. The molecule has 10 aromatic rings. The van der Waals surface area contributed by atoms with Crippen molar-refractivity contribution in [1.82, 2.24) is 4.48 Å². The standard InChI is InChI=1S/C64H50BN3S2/c1-39-32-47-48-35-44(66(42-22-12-8-13-23-42)43-24-14-9-15-25-43)36-49-59-62(45-26-16-17-27-50(45)64(59,5)6)68(61(48)49)65-51-37-57-58(70-56-29-19-18-28-55(56)69-57)38-53(51)67(54(33-39)60(47)65)52-31-30-41(63(2,3)4)34-46(52)40-20-10-7-11-21-40/h7-38H,1-6H3. The molecule has 0 atom stereocenters. The predicted octanol–water partition coefficient (Wildman–Crippen LogP) is 16.7. The van der Waals surface area contributed by atoms with Crippen LogP contribution in [0.25, 0.3) is 44.4 Å². The molecule has 14 rings (SSSR count). The number of aromatic nitrogens is 1. The minimum atomic E-state index is -0.250. The molecule has 1 aromatic heterocycles. The Kier molecular flexibility index (Phi) is 9.08. The molecule has 70 heavy (non-hydrogen) atoms. The number of rotatable bonds is 5. The molecule has 336 valence electrons. The first kappa shape index (κ1) is 41.8. The Morgan fingerprint density at radius 1 is 0.514 bits per heavy atom. The van der Waals surface area contributed by atoms with Gasteiger partial charge >= 0.3 is 6.85 Å². The van der Waals surface area contributed by atoms with E-state index in [1.807, 2.05) is 23.5 Å². The maximum absolute atomic E-state index is 2.80. The second-order valence-electron chi connectivity index (χ2n) is 21.0. The normalized spacial score (nSPS) is 14.4. The second kappa shape index (κ2) is 15.2. The predicted molar refractivity (Wildman–Crippen MR) is 298 cm³/mol. The Balaban J connectivity index is 1.13. The van der Waals surface area contributed by atoms with Crippen LogP contribution in [0.15, 0.2) is 214 Å². The van der Waals surface area contributed by atoms with E-state index < -0.39 is 0 Å². The lowest BCUT2D eigenvalue weighted by Crippen LogP contribution is -2.57. The fourth-order valence-corrected chi connectivity index (χ4v) is 14.5. The minimum Gasteiger partial charge on any atom is -0.375 e. The van der Waals surface area contributed by atoms with E-state index in [2.05, 4.69) is 250 Å². The van der Waals surface area contributed by atoms with Crippen LogP contribution in [0.3, 0.4) is 0 Å². The first-order valence-corrected chi connectivity index (χ1v) is 26.2. The van der Waals surface area contributed by atoms with Crippen LogP contribution in [0.4, 0.5) is 34.1 Å². The third kappa shape index (κ3) is 6.06. The van der Waals surface area contributed by atoms with Crippen molar-refractivity contribution in [3.8, 4) is 33.5 Å². The van der Waals surface area contributed by atoms with Gasteiger partial charge in [0.15, 0.2) is 0 Å². The summed E-state index contributed by atoms with van der Waals surface area (Å²) in [6.07, 6.45) is 0. The molecule has 0 radical (unpaired) electrons. The Hall–Kier alpha value is -7.12. The van der Waals surface area contributed by atoms with E-state index in [0.29, 0.717) is 0 Å². The van der Waals surface area contributed by atoms with Gasteiger partial charge in [-0.05, 0) is 136 Å². The van der Waals surface area contributed by atoms with Gasteiger partial charge in [0.25, 0.3) is 0 Å². The molecule has 3 nitrogen and oxygen atoms in total. The fraction of sp³-hybridized carbons (Fsp3) is 0.125. The van der Waals surface area contributed by atoms with Crippen LogP contribution in [0, 0.1) is 6.92 Å². The van der Waals surface area contributed by atoms with Crippen molar-refractivity contribution < 1.29 is 0 Å². The number of benzene rings is 9. The number of hydrogen-bond donors (Lipinski definition) is 0. The van der Waals surface area contributed by atoms with Gasteiger partial charge in [-0.3, -0.25) is 0 Å². The van der Waals surface area contributed by atoms with Crippen molar-refractivity contribution in [1.29, 1.82) is 0 Å². The molecule has 4 aliphatic rings. The largest absolute Gasteiger partial charge is 0.375 e. The smallest absolute Gasteiger partial charge is 0.333 e. The highest BCUT2D eigenvalue weighted by Crippen LogP contribution is 2.58. The van der Waals surface area contributed by atoms with E-state index in [-0.39, 0.29) is 17.7 Å². The van der Waals surface area contributed by atoms with Crippen LogP contribution in [-0.4, -0.2) is 11.3 Å². The van der Waals surface area contributed by atoms with E-state index in [0.717, 1.165) is 17.1 Å². The van der Waals surface area contributed by atoms with Crippen molar-refractivity contribution in [2.75, 3.05) is 9.80 Å². The molecule has 0 saturated heterocycles. The highest BCUT2D eigenvalue weighted by molar-refractivity contribution is 8.05. The van der Waals surface area contributed by atoms with Crippen molar-refractivity contribution in [3.05, 3.63) is 216 Å². The number of fused-ring (bicyclic) bond motifs is 11. The van der Waals surface area contributed by atoms with Gasteiger partial charge in [-0.15, -0.1) is 0 Å². The molecule has 1 aliphatic carbocycles. The summed E-state index contributed by atoms with van der Waals surface area (Å²) in [5.74, 6) is 0. The number of aryl methyl sites for hydroxylation is 1. The van der Waals surface area contributed by atoms with E-state index >= 15 is 0 Å². The molecule has 0 bridgehead atoms. The first-order valence-electron chi connectivity index (χ1n) is 24.5. The lowest BCUT2D eigenvalue weighted by Gasteiger charge is -2.42. The summed E-state index contributed by atoms with van der Waals surface area (Å²) < 4.78 is 2.80. The van der Waals surface area contributed by atoms with Crippen LogP contribution in [0.5, 0.6) is 0 Å². The van der Waals surface area contributed by atoms with Crippen LogP contribution in [-0.2, 0) is 10.8 Å². The van der Waals surface area contributed by atoms with Gasteiger partial charge in [-0.2, -0.15) is 0 Å². The van der Waals surface area contributed by atoms with Gasteiger partial charge < -0.3 is 14.3 Å².